The van der Waals surface area contributed by atoms with Crippen molar-refractivity contribution in [3.63, 3.8) is 0 Å². The minimum Gasteiger partial charge on any atom is -0.497 e. The molecule has 27 heavy (non-hydrogen) atoms. The largest absolute Gasteiger partial charge is 0.497 e. The highest BCUT2D eigenvalue weighted by atomic mass is 16.5. The third kappa shape index (κ3) is 3.37. The van der Waals surface area contributed by atoms with Gasteiger partial charge in [-0.25, -0.2) is 4.98 Å². The smallest absolute Gasteiger partial charge is 0.272 e. The fourth-order valence-electron chi connectivity index (χ4n) is 2.94. The van der Waals surface area contributed by atoms with Crippen molar-refractivity contribution >= 4 is 11.6 Å². The maximum absolute atomic E-state index is 12.9. The van der Waals surface area contributed by atoms with Crippen molar-refractivity contribution in [2.45, 2.75) is 6.54 Å². The van der Waals surface area contributed by atoms with E-state index in [4.69, 9.17) is 4.74 Å². The summed E-state index contributed by atoms with van der Waals surface area (Å²) < 4.78 is 7.14. The molecule has 0 saturated heterocycles. The Morgan fingerprint density at radius 1 is 1.07 bits per heavy atom. The van der Waals surface area contributed by atoms with E-state index < -0.39 is 0 Å². The van der Waals surface area contributed by atoms with E-state index in [0.29, 0.717) is 17.9 Å². The molecule has 6 nitrogen and oxygen atoms in total. The van der Waals surface area contributed by atoms with Gasteiger partial charge in [0, 0.05) is 18.0 Å². The second-order valence-electron chi connectivity index (χ2n) is 5.97. The molecule has 0 saturated carbocycles. The Morgan fingerprint density at radius 3 is 2.63 bits per heavy atom. The molecule has 6 heteroatoms. The Hall–Kier alpha value is -3.67. The lowest BCUT2D eigenvalue weighted by atomic mass is 10.1. The van der Waals surface area contributed by atoms with Gasteiger partial charge in [-0.2, -0.15) is 0 Å². The molecule has 0 aliphatic heterocycles. The molecule has 0 atom stereocenters. The molecule has 0 radical (unpaired) electrons. The Morgan fingerprint density at radius 2 is 1.89 bits per heavy atom. The number of ether oxygens (including phenoxy) is 1. The number of rotatable bonds is 5. The van der Waals surface area contributed by atoms with Gasteiger partial charge in [-0.1, -0.05) is 12.1 Å². The van der Waals surface area contributed by atoms with Crippen LogP contribution in [0, 0.1) is 0 Å². The van der Waals surface area contributed by atoms with E-state index >= 15 is 0 Å². The number of pyridine rings is 2. The number of imidazole rings is 1. The predicted octanol–water partition coefficient (Wildman–Crippen LogP) is 3.33. The monoisotopic (exact) mass is 358 g/mol. The molecular weight excluding hydrogens is 340 g/mol. The van der Waals surface area contributed by atoms with E-state index in [9.17, 15) is 4.79 Å². The zero-order chi connectivity index (χ0) is 18.6. The van der Waals surface area contributed by atoms with Crippen LogP contribution >= 0.6 is 0 Å². The van der Waals surface area contributed by atoms with E-state index in [1.54, 1.807) is 13.3 Å². The van der Waals surface area contributed by atoms with E-state index in [0.717, 1.165) is 22.7 Å². The zero-order valence-corrected chi connectivity index (χ0v) is 14.8. The van der Waals surface area contributed by atoms with Crippen molar-refractivity contribution < 1.29 is 9.53 Å². The summed E-state index contributed by atoms with van der Waals surface area (Å²) in [5, 5.41) is 2.91. The minimum atomic E-state index is -0.241. The van der Waals surface area contributed by atoms with Crippen LogP contribution in [0.4, 0.5) is 0 Å². The third-order valence-electron chi connectivity index (χ3n) is 4.26. The molecule has 3 aromatic heterocycles. The highest BCUT2D eigenvalue weighted by Gasteiger charge is 2.20. The van der Waals surface area contributed by atoms with Crippen LogP contribution in [0.1, 0.15) is 16.2 Å². The SMILES string of the molecule is COc1ccc(-c2c(C(=O)NCc3ccccn3)nc3ccccn23)cc1. The summed E-state index contributed by atoms with van der Waals surface area (Å²) in [7, 11) is 1.62. The van der Waals surface area contributed by atoms with Crippen molar-refractivity contribution in [3.05, 3.63) is 84.4 Å². The Bertz CT molecular complexity index is 1070. The molecule has 134 valence electrons. The van der Waals surface area contributed by atoms with Crippen LogP contribution in [0.15, 0.2) is 73.1 Å². The van der Waals surface area contributed by atoms with Gasteiger partial charge >= 0.3 is 0 Å². The molecule has 4 aromatic rings. The molecule has 1 aromatic carbocycles. The Labute approximate surface area is 156 Å². The normalized spacial score (nSPS) is 10.7. The van der Waals surface area contributed by atoms with Crippen LogP contribution in [0.3, 0.4) is 0 Å². The van der Waals surface area contributed by atoms with Gasteiger partial charge < -0.3 is 10.1 Å². The molecular formula is C21H18N4O2. The molecule has 0 aliphatic carbocycles. The number of carbonyl (C=O) groups is 1. The van der Waals surface area contributed by atoms with E-state index in [2.05, 4.69) is 15.3 Å². The fraction of sp³-hybridized carbons (Fsp3) is 0.0952. The van der Waals surface area contributed by atoms with Crippen molar-refractivity contribution in [1.82, 2.24) is 19.7 Å². The Kier molecular flexibility index (Phi) is 4.53. The summed E-state index contributed by atoms with van der Waals surface area (Å²) in [5.41, 5.74) is 3.51. The first-order chi connectivity index (χ1) is 13.3. The number of hydrogen-bond acceptors (Lipinski definition) is 4. The third-order valence-corrected chi connectivity index (χ3v) is 4.26. The first kappa shape index (κ1) is 16.8. The summed E-state index contributed by atoms with van der Waals surface area (Å²) in [6, 6.07) is 18.9. The average molecular weight is 358 g/mol. The standard InChI is InChI=1S/C21H18N4O2/c1-27-17-10-8-15(9-11-17)20-19(24-18-7-3-5-13-25(18)20)21(26)23-14-16-6-2-4-12-22-16/h2-13H,14H2,1H3,(H,23,26). The van der Waals surface area contributed by atoms with Crippen LogP contribution in [0.2, 0.25) is 0 Å². The van der Waals surface area contributed by atoms with Crippen LogP contribution in [-0.4, -0.2) is 27.4 Å². The van der Waals surface area contributed by atoms with Crippen LogP contribution in [0.25, 0.3) is 16.9 Å². The highest BCUT2D eigenvalue weighted by molar-refractivity contribution is 5.99. The van der Waals surface area contributed by atoms with Crippen LogP contribution < -0.4 is 10.1 Å². The number of amides is 1. The lowest BCUT2D eigenvalue weighted by molar-refractivity contribution is 0.0946. The Balaban J connectivity index is 1.72. The predicted molar refractivity (Wildman–Crippen MR) is 103 cm³/mol. The number of carbonyl (C=O) groups excluding carboxylic acids is 1. The van der Waals surface area contributed by atoms with Gasteiger partial charge in [-0.05, 0) is 48.5 Å². The molecule has 0 bridgehead atoms. The van der Waals surface area contributed by atoms with Gasteiger partial charge in [0.05, 0.1) is 25.0 Å². The maximum Gasteiger partial charge on any atom is 0.272 e. The number of nitrogens with zero attached hydrogens (tertiary/aromatic N) is 3. The molecule has 3 heterocycles. The average Bonchev–Trinajstić information content (AvgIpc) is 3.12. The summed E-state index contributed by atoms with van der Waals surface area (Å²) in [5.74, 6) is 0.517. The number of methoxy groups -OCH3 is 1. The molecule has 0 unspecified atom stereocenters. The highest BCUT2D eigenvalue weighted by Crippen LogP contribution is 2.27. The zero-order valence-electron chi connectivity index (χ0n) is 14.8. The maximum atomic E-state index is 12.9. The van der Waals surface area contributed by atoms with Gasteiger partial charge in [0.25, 0.3) is 5.91 Å². The second kappa shape index (κ2) is 7.29. The van der Waals surface area contributed by atoms with E-state index in [1.807, 2.05) is 71.3 Å². The van der Waals surface area contributed by atoms with Crippen molar-refractivity contribution in [3.8, 4) is 17.0 Å². The molecule has 4 rings (SSSR count). The van der Waals surface area contributed by atoms with Crippen molar-refractivity contribution in [2.24, 2.45) is 0 Å². The van der Waals surface area contributed by atoms with Gasteiger partial charge in [-0.15, -0.1) is 0 Å². The summed E-state index contributed by atoms with van der Waals surface area (Å²) >= 11 is 0. The lowest BCUT2D eigenvalue weighted by Gasteiger charge is -2.07. The number of benzene rings is 1. The molecule has 1 N–H and O–H groups in total. The quantitative estimate of drug-likeness (QED) is 0.594. The number of fused-ring (bicyclic) bond motifs is 1. The summed E-state index contributed by atoms with van der Waals surface area (Å²) in [6.07, 6.45) is 3.60. The molecule has 0 fully saturated rings. The fourth-order valence-corrected chi connectivity index (χ4v) is 2.94. The summed E-state index contributed by atoms with van der Waals surface area (Å²) in [4.78, 5) is 21.6. The number of hydrogen-bond donors (Lipinski definition) is 1. The van der Waals surface area contributed by atoms with Crippen molar-refractivity contribution in [1.29, 1.82) is 0 Å². The molecule has 1 amide bonds. The van der Waals surface area contributed by atoms with Gasteiger partial charge in [0.15, 0.2) is 5.69 Å². The topological polar surface area (TPSA) is 68.5 Å². The first-order valence-electron chi connectivity index (χ1n) is 8.56. The van der Waals surface area contributed by atoms with Gasteiger partial charge in [0.2, 0.25) is 0 Å². The van der Waals surface area contributed by atoms with Crippen molar-refractivity contribution in [2.75, 3.05) is 7.11 Å². The number of aromatic nitrogens is 3. The lowest BCUT2D eigenvalue weighted by Crippen LogP contribution is -2.24. The summed E-state index contributed by atoms with van der Waals surface area (Å²) in [6.45, 7) is 0.343. The van der Waals surface area contributed by atoms with E-state index in [-0.39, 0.29) is 5.91 Å². The molecule has 0 aliphatic rings. The number of nitrogens with one attached hydrogen (secondary N) is 1. The van der Waals surface area contributed by atoms with Gasteiger partial charge in [-0.3, -0.25) is 14.2 Å². The molecule has 0 spiro atoms. The minimum absolute atomic E-state index is 0.241. The van der Waals surface area contributed by atoms with Gasteiger partial charge in [0.1, 0.15) is 11.4 Å². The first-order valence-corrected chi connectivity index (χ1v) is 8.56. The van der Waals surface area contributed by atoms with E-state index in [1.165, 1.54) is 0 Å². The van der Waals surface area contributed by atoms with Crippen LogP contribution in [0.5, 0.6) is 5.75 Å². The van der Waals surface area contributed by atoms with Crippen LogP contribution in [-0.2, 0) is 6.54 Å². The second-order valence-corrected chi connectivity index (χ2v) is 5.97.